The number of nitrogens with one attached hydrogen (secondary N) is 5. The number of nitrogens with two attached hydrogens (primary N) is 5. The summed E-state index contributed by atoms with van der Waals surface area (Å²) in [5, 5.41) is 32.7. The molecule has 1 rings (SSSR count). The molecule has 0 aromatic heterocycles. The first-order chi connectivity index (χ1) is 25.4. The van der Waals surface area contributed by atoms with Gasteiger partial charge in [-0.05, 0) is 121 Å². The van der Waals surface area contributed by atoms with Gasteiger partial charge >= 0.3 is 5.97 Å². The normalized spacial score (nSPS) is 13.8. The van der Waals surface area contributed by atoms with Crippen molar-refractivity contribution >= 4 is 35.5 Å². The highest BCUT2D eigenvalue weighted by Crippen LogP contribution is 2.13. The van der Waals surface area contributed by atoms with Gasteiger partial charge in [0.2, 0.25) is 29.5 Å². The monoisotopic (exact) mass is 750 g/mol. The van der Waals surface area contributed by atoms with Crippen LogP contribution in [-0.2, 0) is 35.2 Å². The fraction of sp³-hybridized carbons (Fsp3) is 0.657. The first-order valence-electron chi connectivity index (χ1n) is 18.4. The van der Waals surface area contributed by atoms with Crippen LogP contribution in [0.15, 0.2) is 24.3 Å². The number of aromatic hydroxyl groups is 1. The van der Waals surface area contributed by atoms with Crippen molar-refractivity contribution in [1.82, 2.24) is 26.6 Å². The number of phenolic OH excluding ortho intramolecular Hbond substituents is 1. The minimum Gasteiger partial charge on any atom is -0.508 e. The second kappa shape index (κ2) is 27.3. The maximum atomic E-state index is 13.9. The molecule has 17 N–H and O–H groups in total. The molecule has 0 saturated carbocycles. The standard InChI is InChI=1S/C35H62N10O8/c36-17-5-1-9-25(41-30(47)22-40)31(48)42-26(10-2-6-18-37)32(49)43-27(11-3-7-19-38)33(50)45-29(21-23-13-15-24(46)16-14-23)34(51)44-28(35(52)53)12-4-8-20-39/h13-16,25-29,46H,1-12,17-22,36-40H2,(H,41,47)(H,42,48)(H,43,49)(H,44,51)(H,45,50)(H,52,53)/t25-,26-,27-,28-,29-/m0/s1. The lowest BCUT2D eigenvalue weighted by Gasteiger charge is -2.27. The molecule has 300 valence electrons. The van der Waals surface area contributed by atoms with E-state index in [1.165, 1.54) is 12.1 Å². The molecule has 1 aromatic carbocycles. The molecule has 0 aliphatic carbocycles. The van der Waals surface area contributed by atoms with Crippen LogP contribution in [0.25, 0.3) is 0 Å². The van der Waals surface area contributed by atoms with Gasteiger partial charge in [-0.2, -0.15) is 0 Å². The molecule has 18 nitrogen and oxygen atoms in total. The van der Waals surface area contributed by atoms with Gasteiger partial charge in [-0.1, -0.05) is 12.1 Å². The van der Waals surface area contributed by atoms with E-state index in [0.717, 1.165) is 0 Å². The molecule has 0 aliphatic rings. The molecule has 5 atom stereocenters. The number of benzene rings is 1. The first kappa shape index (κ1) is 46.7. The fourth-order valence-corrected chi connectivity index (χ4v) is 5.45. The van der Waals surface area contributed by atoms with Gasteiger partial charge in [-0.3, -0.25) is 24.0 Å². The van der Waals surface area contributed by atoms with Gasteiger partial charge in [0, 0.05) is 6.42 Å². The summed E-state index contributed by atoms with van der Waals surface area (Å²) in [6.45, 7) is 1.09. The second-order valence-corrected chi connectivity index (χ2v) is 12.9. The molecule has 0 spiro atoms. The van der Waals surface area contributed by atoms with Gasteiger partial charge in [0.1, 0.15) is 36.0 Å². The SMILES string of the molecule is NCCCC[C@H](NC(=O)[C@H](Cc1ccc(O)cc1)NC(=O)[C@H](CCCCN)NC(=O)[C@H](CCCCN)NC(=O)[C@H](CCCCN)NC(=O)CN)C(=O)O. The summed E-state index contributed by atoms with van der Waals surface area (Å²) in [7, 11) is 0. The number of aliphatic carboxylic acids is 1. The highest BCUT2D eigenvalue weighted by Gasteiger charge is 2.32. The van der Waals surface area contributed by atoms with E-state index in [9.17, 15) is 39.0 Å². The number of carboxylic acid groups (broad SMARTS) is 1. The number of phenols is 1. The van der Waals surface area contributed by atoms with Crippen LogP contribution in [-0.4, -0.2) is 109 Å². The van der Waals surface area contributed by atoms with E-state index >= 15 is 0 Å². The first-order valence-corrected chi connectivity index (χ1v) is 18.4. The Morgan fingerprint density at radius 1 is 0.491 bits per heavy atom. The number of amides is 5. The summed E-state index contributed by atoms with van der Waals surface area (Å²) in [5.74, 6) is -4.55. The lowest BCUT2D eigenvalue weighted by Crippen LogP contribution is -2.59. The largest absolute Gasteiger partial charge is 0.508 e. The van der Waals surface area contributed by atoms with Crippen molar-refractivity contribution < 1.29 is 39.0 Å². The maximum Gasteiger partial charge on any atom is 0.326 e. The van der Waals surface area contributed by atoms with Crippen LogP contribution in [0.5, 0.6) is 5.75 Å². The lowest BCUT2D eigenvalue weighted by molar-refractivity contribution is -0.142. The molecule has 1 aromatic rings. The highest BCUT2D eigenvalue weighted by atomic mass is 16.4. The Balaban J connectivity index is 3.35. The average Bonchev–Trinajstić information content (AvgIpc) is 3.13. The van der Waals surface area contributed by atoms with E-state index in [1.54, 1.807) is 12.1 Å². The van der Waals surface area contributed by atoms with E-state index in [0.29, 0.717) is 83.1 Å². The van der Waals surface area contributed by atoms with Crippen molar-refractivity contribution in [3.63, 3.8) is 0 Å². The molecule has 0 radical (unpaired) electrons. The zero-order valence-corrected chi connectivity index (χ0v) is 30.7. The van der Waals surface area contributed by atoms with Gasteiger partial charge in [0.25, 0.3) is 0 Å². The van der Waals surface area contributed by atoms with Gasteiger partial charge in [0.15, 0.2) is 0 Å². The number of hydrogen-bond donors (Lipinski definition) is 12. The highest BCUT2D eigenvalue weighted by molar-refractivity contribution is 5.96. The van der Waals surface area contributed by atoms with E-state index in [4.69, 9.17) is 28.7 Å². The van der Waals surface area contributed by atoms with Crippen LogP contribution < -0.4 is 55.3 Å². The van der Waals surface area contributed by atoms with Crippen LogP contribution >= 0.6 is 0 Å². The molecule has 0 heterocycles. The zero-order valence-electron chi connectivity index (χ0n) is 30.7. The Bertz CT molecular complexity index is 1270. The van der Waals surface area contributed by atoms with E-state index < -0.39 is 65.7 Å². The molecule has 0 unspecified atom stereocenters. The molecule has 53 heavy (non-hydrogen) atoms. The fourth-order valence-electron chi connectivity index (χ4n) is 5.45. The third kappa shape index (κ3) is 19.3. The minimum absolute atomic E-state index is 0.0101. The molecule has 5 amide bonds. The average molecular weight is 751 g/mol. The summed E-state index contributed by atoms with van der Waals surface area (Å²) in [4.78, 5) is 78.7. The number of carbonyl (C=O) groups is 6. The van der Waals surface area contributed by atoms with Crippen LogP contribution in [0.4, 0.5) is 0 Å². The lowest BCUT2D eigenvalue weighted by atomic mass is 10.0. The Hall–Kier alpha value is -4.36. The minimum atomic E-state index is -1.27. The van der Waals surface area contributed by atoms with E-state index in [1.807, 2.05) is 0 Å². The Morgan fingerprint density at radius 3 is 1.21 bits per heavy atom. The van der Waals surface area contributed by atoms with Crippen LogP contribution in [0.1, 0.15) is 82.6 Å². The summed E-state index contributed by atoms with van der Waals surface area (Å²) >= 11 is 0. The Kier molecular flexibility index (Phi) is 24.0. The van der Waals surface area contributed by atoms with Crippen molar-refractivity contribution in [3.8, 4) is 5.75 Å². The number of hydrogen-bond acceptors (Lipinski definition) is 12. The summed E-state index contributed by atoms with van der Waals surface area (Å²) < 4.78 is 0. The van der Waals surface area contributed by atoms with E-state index in [2.05, 4.69) is 26.6 Å². The van der Waals surface area contributed by atoms with Crippen molar-refractivity contribution in [3.05, 3.63) is 29.8 Å². The third-order valence-corrected chi connectivity index (χ3v) is 8.51. The Morgan fingerprint density at radius 2 is 0.830 bits per heavy atom. The van der Waals surface area contributed by atoms with Crippen molar-refractivity contribution in [1.29, 1.82) is 0 Å². The number of carbonyl (C=O) groups excluding carboxylic acids is 5. The predicted octanol–water partition coefficient (Wildman–Crippen LogP) is -2.08. The summed E-state index contributed by atoms with van der Waals surface area (Å²) in [5.41, 5.74) is 28.5. The van der Waals surface area contributed by atoms with Crippen molar-refractivity contribution in [2.45, 2.75) is 114 Å². The Labute approximate surface area is 311 Å². The van der Waals surface area contributed by atoms with Gasteiger partial charge < -0.3 is 65.5 Å². The second-order valence-electron chi connectivity index (χ2n) is 12.9. The van der Waals surface area contributed by atoms with Crippen LogP contribution in [0.2, 0.25) is 0 Å². The van der Waals surface area contributed by atoms with Gasteiger partial charge in [-0.25, -0.2) is 4.79 Å². The predicted molar refractivity (Wildman–Crippen MR) is 200 cm³/mol. The number of rotatable bonds is 29. The molecule has 0 saturated heterocycles. The van der Waals surface area contributed by atoms with Crippen molar-refractivity contribution in [2.75, 3.05) is 32.7 Å². The van der Waals surface area contributed by atoms with E-state index in [-0.39, 0.29) is 44.4 Å². The topological polar surface area (TPSA) is 333 Å². The quantitative estimate of drug-likeness (QED) is 0.0392. The van der Waals surface area contributed by atoms with Gasteiger partial charge in [0.05, 0.1) is 6.54 Å². The number of unbranched alkanes of at least 4 members (excludes halogenated alkanes) is 4. The smallest absolute Gasteiger partial charge is 0.326 e. The molecule has 0 aliphatic heterocycles. The maximum absolute atomic E-state index is 13.9. The van der Waals surface area contributed by atoms with Crippen LogP contribution in [0, 0.1) is 0 Å². The summed E-state index contributed by atoms with van der Waals surface area (Å²) in [6, 6.07) is 0.198. The zero-order chi connectivity index (χ0) is 39.6. The number of carboxylic acids is 1. The molecule has 18 heteroatoms. The van der Waals surface area contributed by atoms with Crippen LogP contribution in [0.3, 0.4) is 0 Å². The van der Waals surface area contributed by atoms with Crippen molar-refractivity contribution in [2.24, 2.45) is 28.7 Å². The van der Waals surface area contributed by atoms with Gasteiger partial charge in [-0.15, -0.1) is 0 Å². The summed E-state index contributed by atoms with van der Waals surface area (Å²) in [6.07, 6.45) is 4.78. The third-order valence-electron chi connectivity index (χ3n) is 8.51. The molecule has 0 fully saturated rings. The molecule has 0 bridgehead atoms. The molecular formula is C35H62N10O8. The molecular weight excluding hydrogens is 688 g/mol.